The molecule has 0 spiro atoms. The summed E-state index contributed by atoms with van der Waals surface area (Å²) < 4.78 is 0. The number of amides is 2. The standard InChI is InChI=1S/C9H17N3O3S/c1-10-3-2-4-11-9(15)12-6-16-5-7(12)8(13)14/h7,10H,2-6H2,1H3,(H,11,15)(H,13,14). The fourth-order valence-corrected chi connectivity index (χ4v) is 2.55. The van der Waals surface area contributed by atoms with Crippen molar-refractivity contribution < 1.29 is 14.7 Å². The average Bonchev–Trinajstić information content (AvgIpc) is 2.73. The van der Waals surface area contributed by atoms with Crippen LogP contribution in [0.5, 0.6) is 0 Å². The minimum absolute atomic E-state index is 0.284. The monoisotopic (exact) mass is 247 g/mol. The molecule has 1 saturated heterocycles. The first-order chi connectivity index (χ1) is 7.66. The molecule has 1 heterocycles. The van der Waals surface area contributed by atoms with Crippen LogP contribution < -0.4 is 10.6 Å². The fourth-order valence-electron chi connectivity index (χ4n) is 1.41. The molecule has 1 fully saturated rings. The van der Waals surface area contributed by atoms with E-state index < -0.39 is 12.0 Å². The summed E-state index contributed by atoms with van der Waals surface area (Å²) in [5.74, 6) is -0.0101. The second kappa shape index (κ2) is 6.59. The van der Waals surface area contributed by atoms with E-state index in [0.29, 0.717) is 18.2 Å². The van der Waals surface area contributed by atoms with Crippen molar-refractivity contribution in [3.8, 4) is 0 Å². The first kappa shape index (κ1) is 13.1. The normalized spacial score (nSPS) is 19.8. The quantitative estimate of drug-likeness (QED) is 0.584. The molecule has 1 rings (SSSR count). The van der Waals surface area contributed by atoms with E-state index in [1.165, 1.54) is 16.7 Å². The lowest BCUT2D eigenvalue weighted by atomic mass is 10.3. The molecule has 92 valence electrons. The highest BCUT2D eigenvalue weighted by molar-refractivity contribution is 7.99. The van der Waals surface area contributed by atoms with Gasteiger partial charge < -0.3 is 20.6 Å². The molecule has 6 nitrogen and oxygen atoms in total. The van der Waals surface area contributed by atoms with Gasteiger partial charge in [0.15, 0.2) is 0 Å². The smallest absolute Gasteiger partial charge is 0.327 e. The van der Waals surface area contributed by atoms with E-state index in [4.69, 9.17) is 5.11 Å². The van der Waals surface area contributed by atoms with Gasteiger partial charge >= 0.3 is 12.0 Å². The van der Waals surface area contributed by atoms with Crippen molar-refractivity contribution in [1.82, 2.24) is 15.5 Å². The van der Waals surface area contributed by atoms with Crippen LogP contribution in [-0.4, -0.2) is 59.8 Å². The maximum absolute atomic E-state index is 11.6. The summed E-state index contributed by atoms with van der Waals surface area (Å²) in [5, 5.41) is 14.6. The lowest BCUT2D eigenvalue weighted by Gasteiger charge is -2.20. The zero-order valence-corrected chi connectivity index (χ0v) is 10.0. The summed E-state index contributed by atoms with van der Waals surface area (Å²) in [6.07, 6.45) is 0.834. The molecule has 1 atom stereocenters. The van der Waals surface area contributed by atoms with Crippen molar-refractivity contribution in [2.24, 2.45) is 0 Å². The number of nitrogens with one attached hydrogen (secondary N) is 2. The molecular weight excluding hydrogens is 230 g/mol. The Balaban J connectivity index is 2.32. The van der Waals surface area contributed by atoms with Crippen molar-refractivity contribution in [3.05, 3.63) is 0 Å². The third-order valence-corrected chi connectivity index (χ3v) is 3.32. The van der Waals surface area contributed by atoms with E-state index in [1.807, 2.05) is 7.05 Å². The van der Waals surface area contributed by atoms with Crippen LogP contribution in [0.1, 0.15) is 6.42 Å². The van der Waals surface area contributed by atoms with Crippen LogP contribution in [-0.2, 0) is 4.79 Å². The molecule has 2 amide bonds. The Morgan fingerprint density at radius 3 is 2.88 bits per heavy atom. The Hall–Kier alpha value is -0.950. The number of hydrogen-bond donors (Lipinski definition) is 3. The Kier molecular flexibility index (Phi) is 5.41. The van der Waals surface area contributed by atoms with Gasteiger partial charge in [0, 0.05) is 12.3 Å². The van der Waals surface area contributed by atoms with E-state index >= 15 is 0 Å². The first-order valence-corrected chi connectivity index (χ1v) is 6.32. The molecule has 0 radical (unpaired) electrons. The lowest BCUT2D eigenvalue weighted by Crippen LogP contribution is -2.47. The van der Waals surface area contributed by atoms with E-state index in [-0.39, 0.29) is 6.03 Å². The van der Waals surface area contributed by atoms with Crippen molar-refractivity contribution >= 4 is 23.8 Å². The molecule has 0 bridgehead atoms. The topological polar surface area (TPSA) is 81.7 Å². The van der Waals surface area contributed by atoms with Gasteiger partial charge in [0.05, 0.1) is 5.88 Å². The van der Waals surface area contributed by atoms with Crippen LogP contribution in [0.25, 0.3) is 0 Å². The number of nitrogens with zero attached hydrogens (tertiary/aromatic N) is 1. The van der Waals surface area contributed by atoms with Gasteiger partial charge in [-0.25, -0.2) is 9.59 Å². The molecule has 0 aromatic rings. The SMILES string of the molecule is CNCCCNC(=O)N1CSCC1C(=O)O. The largest absolute Gasteiger partial charge is 0.480 e. The fraction of sp³-hybridized carbons (Fsp3) is 0.778. The van der Waals surface area contributed by atoms with E-state index in [9.17, 15) is 9.59 Å². The van der Waals surface area contributed by atoms with E-state index in [2.05, 4.69) is 10.6 Å². The number of carbonyl (C=O) groups is 2. The third kappa shape index (κ3) is 3.57. The number of thioether (sulfide) groups is 1. The summed E-state index contributed by atoms with van der Waals surface area (Å²) >= 11 is 1.46. The lowest BCUT2D eigenvalue weighted by molar-refractivity contribution is -0.140. The number of carboxylic acid groups (broad SMARTS) is 1. The number of aliphatic carboxylic acids is 1. The third-order valence-electron chi connectivity index (χ3n) is 2.31. The first-order valence-electron chi connectivity index (χ1n) is 5.16. The number of rotatable bonds is 5. The van der Waals surface area contributed by atoms with Crippen molar-refractivity contribution in [3.63, 3.8) is 0 Å². The van der Waals surface area contributed by atoms with Crippen molar-refractivity contribution in [2.45, 2.75) is 12.5 Å². The van der Waals surface area contributed by atoms with Gasteiger partial charge in [0.25, 0.3) is 0 Å². The van der Waals surface area contributed by atoms with Gasteiger partial charge in [-0.15, -0.1) is 11.8 Å². The highest BCUT2D eigenvalue weighted by Gasteiger charge is 2.34. The Morgan fingerprint density at radius 1 is 1.50 bits per heavy atom. The maximum atomic E-state index is 11.6. The van der Waals surface area contributed by atoms with Gasteiger partial charge in [-0.1, -0.05) is 0 Å². The van der Waals surface area contributed by atoms with Crippen LogP contribution >= 0.6 is 11.8 Å². The molecule has 3 N–H and O–H groups in total. The molecule has 1 aliphatic heterocycles. The Bertz CT molecular complexity index is 262. The van der Waals surface area contributed by atoms with Gasteiger partial charge in [-0.05, 0) is 20.0 Å². The van der Waals surface area contributed by atoms with Crippen LogP contribution in [0.3, 0.4) is 0 Å². The minimum Gasteiger partial charge on any atom is -0.480 e. The molecular formula is C9H17N3O3S. The van der Waals surface area contributed by atoms with Crippen LogP contribution in [0.2, 0.25) is 0 Å². The predicted octanol–water partition coefficient (Wildman–Crippen LogP) is -0.235. The number of hydrogen-bond acceptors (Lipinski definition) is 4. The van der Waals surface area contributed by atoms with Crippen LogP contribution in [0.15, 0.2) is 0 Å². The molecule has 1 unspecified atom stereocenters. The predicted molar refractivity (Wildman–Crippen MR) is 62.5 cm³/mol. The molecule has 1 aliphatic rings. The Labute approximate surface area is 98.8 Å². The summed E-state index contributed by atoms with van der Waals surface area (Å²) in [4.78, 5) is 23.9. The maximum Gasteiger partial charge on any atom is 0.327 e. The minimum atomic E-state index is -0.935. The summed E-state index contributed by atoms with van der Waals surface area (Å²) in [6.45, 7) is 1.39. The molecule has 7 heteroatoms. The van der Waals surface area contributed by atoms with Gasteiger partial charge in [0.2, 0.25) is 0 Å². The zero-order chi connectivity index (χ0) is 12.0. The zero-order valence-electron chi connectivity index (χ0n) is 9.23. The summed E-state index contributed by atoms with van der Waals surface area (Å²) in [5.41, 5.74) is 0. The molecule has 16 heavy (non-hydrogen) atoms. The van der Waals surface area contributed by atoms with Crippen LogP contribution in [0.4, 0.5) is 4.79 Å². The van der Waals surface area contributed by atoms with Crippen molar-refractivity contribution in [1.29, 1.82) is 0 Å². The van der Waals surface area contributed by atoms with Crippen LogP contribution in [0, 0.1) is 0 Å². The van der Waals surface area contributed by atoms with E-state index in [1.54, 1.807) is 0 Å². The van der Waals surface area contributed by atoms with Gasteiger partial charge in [-0.2, -0.15) is 0 Å². The number of carbonyl (C=O) groups excluding carboxylic acids is 1. The van der Waals surface area contributed by atoms with Crippen molar-refractivity contribution in [2.75, 3.05) is 31.8 Å². The van der Waals surface area contributed by atoms with Gasteiger partial charge in [0.1, 0.15) is 6.04 Å². The number of urea groups is 1. The summed E-state index contributed by atoms with van der Waals surface area (Å²) in [6, 6.07) is -0.970. The summed E-state index contributed by atoms with van der Waals surface area (Å²) in [7, 11) is 1.85. The molecule has 0 aliphatic carbocycles. The van der Waals surface area contributed by atoms with Gasteiger partial charge in [-0.3, -0.25) is 0 Å². The second-order valence-electron chi connectivity index (χ2n) is 3.51. The highest BCUT2D eigenvalue weighted by Crippen LogP contribution is 2.20. The van der Waals surface area contributed by atoms with E-state index in [0.717, 1.165) is 13.0 Å². The Morgan fingerprint density at radius 2 is 2.25 bits per heavy atom. The second-order valence-corrected chi connectivity index (χ2v) is 4.51. The molecule has 0 aromatic carbocycles. The average molecular weight is 247 g/mol. The molecule has 0 saturated carbocycles. The highest BCUT2D eigenvalue weighted by atomic mass is 32.2. The molecule has 0 aromatic heterocycles. The number of carboxylic acids is 1.